The van der Waals surface area contributed by atoms with E-state index in [-0.39, 0.29) is 0 Å². The largest absolute Gasteiger partial charge is 0.293 e. The lowest BCUT2D eigenvalue weighted by Crippen LogP contribution is -2.28. The Labute approximate surface area is 107 Å². The Morgan fingerprint density at radius 3 is 2.11 bits per heavy atom. The lowest BCUT2D eigenvalue weighted by molar-refractivity contribution is -0.659. The van der Waals surface area contributed by atoms with Crippen LogP contribution in [-0.2, 0) is 7.05 Å². The van der Waals surface area contributed by atoms with Gasteiger partial charge in [0.2, 0.25) is 0 Å². The van der Waals surface area contributed by atoms with Crippen LogP contribution in [0.3, 0.4) is 0 Å². The number of rotatable bonds is 2. The molecule has 0 fully saturated rings. The van der Waals surface area contributed by atoms with Gasteiger partial charge in [-0.25, -0.2) is 4.57 Å². The number of nitrogens with zero attached hydrogens (tertiary/aromatic N) is 2. The Hall–Kier alpha value is -2.35. The summed E-state index contributed by atoms with van der Waals surface area (Å²) < 4.78 is 4.34. The van der Waals surface area contributed by atoms with E-state index in [4.69, 9.17) is 0 Å². The smallest absolute Gasteiger partial charge is 0.232 e. The Morgan fingerprint density at radius 2 is 1.44 bits per heavy atom. The van der Waals surface area contributed by atoms with Gasteiger partial charge in [0.15, 0.2) is 0 Å². The van der Waals surface area contributed by atoms with Crippen molar-refractivity contribution in [3.8, 4) is 17.1 Å². The van der Waals surface area contributed by atoms with Crippen molar-refractivity contribution < 1.29 is 4.57 Å². The fourth-order valence-electron chi connectivity index (χ4n) is 2.20. The monoisotopic (exact) mass is 235 g/mol. The fourth-order valence-corrected chi connectivity index (χ4v) is 2.20. The number of aryl methyl sites for hydroxylation is 1. The summed E-state index contributed by atoms with van der Waals surface area (Å²) in [5.74, 6) is 1.18. The first-order chi connectivity index (χ1) is 8.86. The van der Waals surface area contributed by atoms with Crippen LogP contribution in [-0.4, -0.2) is 4.57 Å². The number of hydrogen-bond donors (Lipinski definition) is 0. The molecule has 0 atom stereocenters. The molecule has 3 rings (SSSR count). The lowest BCUT2D eigenvalue weighted by atomic mass is 10.2. The molecular formula is C16H15N2+. The molecule has 2 heteroatoms. The summed E-state index contributed by atoms with van der Waals surface area (Å²) in [6.45, 7) is 0. The summed E-state index contributed by atoms with van der Waals surface area (Å²) in [6, 6.07) is 20.8. The molecule has 0 radical (unpaired) electrons. The van der Waals surface area contributed by atoms with Crippen LogP contribution in [0.25, 0.3) is 17.1 Å². The van der Waals surface area contributed by atoms with Gasteiger partial charge in [-0.15, -0.1) is 0 Å². The molecule has 2 aromatic carbocycles. The number of benzene rings is 2. The van der Waals surface area contributed by atoms with Gasteiger partial charge in [0.1, 0.15) is 18.1 Å². The van der Waals surface area contributed by atoms with E-state index in [9.17, 15) is 0 Å². The van der Waals surface area contributed by atoms with E-state index in [2.05, 4.69) is 77.1 Å². The second kappa shape index (κ2) is 4.49. The van der Waals surface area contributed by atoms with Gasteiger partial charge in [0, 0.05) is 0 Å². The second-order valence-electron chi connectivity index (χ2n) is 4.30. The summed E-state index contributed by atoms with van der Waals surface area (Å²) >= 11 is 0. The first-order valence-electron chi connectivity index (χ1n) is 6.04. The van der Waals surface area contributed by atoms with Crippen molar-refractivity contribution in [3.63, 3.8) is 0 Å². The van der Waals surface area contributed by atoms with Gasteiger partial charge in [0.05, 0.1) is 12.6 Å². The van der Waals surface area contributed by atoms with Crippen LogP contribution >= 0.6 is 0 Å². The summed E-state index contributed by atoms with van der Waals surface area (Å²) in [5, 5.41) is 0. The van der Waals surface area contributed by atoms with Crippen LogP contribution in [0.2, 0.25) is 0 Å². The molecule has 1 aromatic heterocycles. The number of imidazole rings is 1. The molecule has 0 unspecified atom stereocenters. The molecule has 0 bridgehead atoms. The van der Waals surface area contributed by atoms with E-state index in [1.54, 1.807) is 0 Å². The highest BCUT2D eigenvalue weighted by Gasteiger charge is 2.17. The van der Waals surface area contributed by atoms with E-state index in [0.717, 1.165) is 0 Å². The summed E-state index contributed by atoms with van der Waals surface area (Å²) in [6.07, 6.45) is 4.17. The van der Waals surface area contributed by atoms with Gasteiger partial charge in [-0.05, 0) is 24.3 Å². The lowest BCUT2D eigenvalue weighted by Gasteiger charge is -2.02. The van der Waals surface area contributed by atoms with Gasteiger partial charge >= 0.3 is 0 Å². The zero-order valence-corrected chi connectivity index (χ0v) is 10.3. The van der Waals surface area contributed by atoms with Crippen molar-refractivity contribution in [2.75, 3.05) is 0 Å². The molecule has 0 saturated heterocycles. The van der Waals surface area contributed by atoms with Crippen molar-refractivity contribution in [2.24, 2.45) is 7.05 Å². The topological polar surface area (TPSA) is 8.81 Å². The Balaban J connectivity index is 2.19. The maximum absolute atomic E-state index is 2.20. The summed E-state index contributed by atoms with van der Waals surface area (Å²) in [5.41, 5.74) is 2.39. The highest BCUT2D eigenvalue weighted by molar-refractivity contribution is 5.55. The van der Waals surface area contributed by atoms with E-state index in [0.29, 0.717) is 0 Å². The molecule has 0 amide bonds. The standard InChI is InChI=1S/C16H15N2/c1-17-12-13-18(15-10-6-3-7-11-15)16(17)14-8-4-2-5-9-14/h2-13H,1H3/q+1. The van der Waals surface area contributed by atoms with Crippen molar-refractivity contribution in [1.82, 2.24) is 4.57 Å². The fraction of sp³-hybridized carbons (Fsp3) is 0.0625. The van der Waals surface area contributed by atoms with Gasteiger partial charge in [-0.2, -0.15) is 4.57 Å². The zero-order chi connectivity index (χ0) is 12.4. The maximum atomic E-state index is 2.20. The number of aromatic nitrogens is 2. The van der Waals surface area contributed by atoms with Gasteiger partial charge in [-0.1, -0.05) is 36.4 Å². The minimum absolute atomic E-state index is 1.18. The molecule has 1 heterocycles. The molecule has 88 valence electrons. The molecule has 0 aliphatic heterocycles. The average molecular weight is 235 g/mol. The molecule has 0 saturated carbocycles. The van der Waals surface area contributed by atoms with Crippen molar-refractivity contribution in [3.05, 3.63) is 73.1 Å². The Kier molecular flexibility index (Phi) is 2.69. The first kappa shape index (κ1) is 10.8. The van der Waals surface area contributed by atoms with Crippen molar-refractivity contribution in [2.45, 2.75) is 0 Å². The quantitative estimate of drug-likeness (QED) is 0.604. The van der Waals surface area contributed by atoms with E-state index in [1.807, 2.05) is 12.1 Å². The molecule has 0 N–H and O–H groups in total. The van der Waals surface area contributed by atoms with Crippen LogP contribution in [0.15, 0.2) is 73.1 Å². The average Bonchev–Trinajstić information content (AvgIpc) is 2.83. The minimum Gasteiger partial charge on any atom is -0.232 e. The van der Waals surface area contributed by atoms with Crippen molar-refractivity contribution >= 4 is 0 Å². The molecular weight excluding hydrogens is 220 g/mol. The highest BCUT2D eigenvalue weighted by atomic mass is 15.1. The van der Waals surface area contributed by atoms with E-state index in [1.165, 1.54) is 17.1 Å². The van der Waals surface area contributed by atoms with Crippen LogP contribution in [0.5, 0.6) is 0 Å². The summed E-state index contributed by atoms with van der Waals surface area (Å²) in [4.78, 5) is 0. The van der Waals surface area contributed by atoms with Crippen LogP contribution < -0.4 is 4.57 Å². The summed E-state index contributed by atoms with van der Waals surface area (Å²) in [7, 11) is 2.07. The Bertz CT molecular complexity index is 639. The highest BCUT2D eigenvalue weighted by Crippen LogP contribution is 2.19. The van der Waals surface area contributed by atoms with Gasteiger partial charge in [0.25, 0.3) is 5.82 Å². The van der Waals surface area contributed by atoms with E-state index >= 15 is 0 Å². The third kappa shape index (κ3) is 1.82. The number of hydrogen-bond acceptors (Lipinski definition) is 0. The van der Waals surface area contributed by atoms with Gasteiger partial charge < -0.3 is 0 Å². The Morgan fingerprint density at radius 1 is 0.833 bits per heavy atom. The predicted molar refractivity (Wildman–Crippen MR) is 72.4 cm³/mol. The molecule has 2 nitrogen and oxygen atoms in total. The third-order valence-corrected chi connectivity index (χ3v) is 3.07. The molecule has 0 aliphatic rings. The van der Waals surface area contributed by atoms with E-state index < -0.39 is 0 Å². The molecule has 0 spiro atoms. The normalized spacial score (nSPS) is 10.5. The number of para-hydroxylation sites is 1. The minimum atomic E-state index is 1.18. The predicted octanol–water partition coefficient (Wildman–Crippen LogP) is 2.97. The zero-order valence-electron chi connectivity index (χ0n) is 10.3. The molecule has 3 aromatic rings. The maximum Gasteiger partial charge on any atom is 0.293 e. The molecule has 18 heavy (non-hydrogen) atoms. The SMILES string of the molecule is C[n+]1ccn(-c2ccccc2)c1-c1ccccc1. The molecule has 0 aliphatic carbocycles. The third-order valence-electron chi connectivity index (χ3n) is 3.07. The van der Waals surface area contributed by atoms with Crippen molar-refractivity contribution in [1.29, 1.82) is 0 Å². The van der Waals surface area contributed by atoms with Crippen LogP contribution in [0.1, 0.15) is 0 Å². The van der Waals surface area contributed by atoms with Crippen LogP contribution in [0.4, 0.5) is 0 Å². The van der Waals surface area contributed by atoms with Gasteiger partial charge in [-0.3, -0.25) is 0 Å². The first-order valence-corrected chi connectivity index (χ1v) is 6.04. The van der Waals surface area contributed by atoms with Crippen LogP contribution in [0, 0.1) is 0 Å². The second-order valence-corrected chi connectivity index (χ2v) is 4.30.